The van der Waals surface area contributed by atoms with Gasteiger partial charge in [0.05, 0.1) is 23.0 Å². The Hall–Kier alpha value is -1.56. The summed E-state index contributed by atoms with van der Waals surface area (Å²) in [5.41, 5.74) is 0.758. The number of hydrogen-bond acceptors (Lipinski definition) is 3. The summed E-state index contributed by atoms with van der Waals surface area (Å²) in [5.74, 6) is -0.260. The summed E-state index contributed by atoms with van der Waals surface area (Å²) in [6.45, 7) is 8.57. The lowest BCUT2D eigenvalue weighted by molar-refractivity contribution is -0.126. The monoisotopic (exact) mass is 312 g/mol. The SMILES string of the molecule is CCc1nn(CC)c(CN2C(=O)NC(=O)C2(C)CC)c1Cl. The first-order valence-electron chi connectivity index (χ1n) is 7.26. The van der Waals surface area contributed by atoms with Crippen LogP contribution in [0.15, 0.2) is 0 Å². The number of halogens is 1. The van der Waals surface area contributed by atoms with E-state index in [4.69, 9.17) is 11.6 Å². The maximum Gasteiger partial charge on any atom is 0.325 e. The molecule has 116 valence electrons. The molecule has 2 heterocycles. The first-order valence-corrected chi connectivity index (χ1v) is 7.63. The highest BCUT2D eigenvalue weighted by molar-refractivity contribution is 6.31. The zero-order valence-corrected chi connectivity index (χ0v) is 13.6. The third-order valence-corrected chi connectivity index (χ3v) is 4.68. The van der Waals surface area contributed by atoms with Gasteiger partial charge in [0, 0.05) is 6.54 Å². The van der Waals surface area contributed by atoms with Crippen LogP contribution in [0, 0.1) is 0 Å². The molecule has 1 saturated heterocycles. The number of imide groups is 1. The van der Waals surface area contributed by atoms with Gasteiger partial charge in [0.15, 0.2) is 0 Å². The van der Waals surface area contributed by atoms with Crippen molar-refractivity contribution in [2.24, 2.45) is 0 Å². The lowest BCUT2D eigenvalue weighted by Gasteiger charge is -2.30. The van der Waals surface area contributed by atoms with E-state index in [0.717, 1.165) is 17.8 Å². The van der Waals surface area contributed by atoms with Gasteiger partial charge in [0.2, 0.25) is 0 Å². The van der Waals surface area contributed by atoms with Crippen LogP contribution in [0.25, 0.3) is 0 Å². The van der Waals surface area contributed by atoms with Crippen molar-refractivity contribution in [2.45, 2.75) is 59.2 Å². The van der Waals surface area contributed by atoms with Gasteiger partial charge in [0.1, 0.15) is 5.54 Å². The van der Waals surface area contributed by atoms with Crippen molar-refractivity contribution >= 4 is 23.5 Å². The third-order valence-electron chi connectivity index (χ3n) is 4.24. The lowest BCUT2D eigenvalue weighted by Crippen LogP contribution is -2.46. The van der Waals surface area contributed by atoms with Gasteiger partial charge in [-0.1, -0.05) is 25.4 Å². The highest BCUT2D eigenvalue weighted by atomic mass is 35.5. The fourth-order valence-electron chi connectivity index (χ4n) is 2.56. The molecule has 0 saturated carbocycles. The van der Waals surface area contributed by atoms with E-state index >= 15 is 0 Å². The van der Waals surface area contributed by atoms with Crippen LogP contribution >= 0.6 is 11.6 Å². The Bertz CT molecular complexity index is 584. The van der Waals surface area contributed by atoms with Crippen molar-refractivity contribution < 1.29 is 9.59 Å². The molecule has 1 atom stereocenters. The normalized spacial score (nSPS) is 22.0. The minimum atomic E-state index is -0.838. The number of nitrogens with one attached hydrogen (secondary N) is 1. The van der Waals surface area contributed by atoms with Gasteiger partial charge in [0.25, 0.3) is 5.91 Å². The van der Waals surface area contributed by atoms with E-state index in [9.17, 15) is 9.59 Å². The third kappa shape index (κ3) is 2.41. The van der Waals surface area contributed by atoms with E-state index in [2.05, 4.69) is 10.4 Å². The van der Waals surface area contributed by atoms with Gasteiger partial charge < -0.3 is 4.90 Å². The summed E-state index contributed by atoms with van der Waals surface area (Å²) in [4.78, 5) is 25.6. The number of aromatic nitrogens is 2. The Labute approximate surface area is 129 Å². The molecule has 1 aliphatic rings. The average molecular weight is 313 g/mol. The van der Waals surface area contributed by atoms with E-state index in [1.54, 1.807) is 16.5 Å². The minimum Gasteiger partial charge on any atom is -0.304 e. The summed E-state index contributed by atoms with van der Waals surface area (Å²) < 4.78 is 1.80. The molecule has 0 aromatic carbocycles. The molecule has 1 aromatic heterocycles. The van der Waals surface area contributed by atoms with Gasteiger partial charge >= 0.3 is 6.03 Å². The molecule has 1 N–H and O–H groups in total. The smallest absolute Gasteiger partial charge is 0.304 e. The van der Waals surface area contributed by atoms with E-state index in [-0.39, 0.29) is 18.5 Å². The highest BCUT2D eigenvalue weighted by Gasteiger charge is 2.48. The molecular formula is C14H21ClN4O2. The molecule has 2 rings (SSSR count). The fourth-order valence-corrected chi connectivity index (χ4v) is 2.89. The van der Waals surface area contributed by atoms with Crippen LogP contribution in [-0.2, 0) is 24.3 Å². The predicted molar refractivity (Wildman–Crippen MR) is 80.1 cm³/mol. The second-order valence-corrected chi connectivity index (χ2v) is 5.73. The Morgan fingerprint density at radius 1 is 1.29 bits per heavy atom. The molecule has 7 heteroatoms. The van der Waals surface area contributed by atoms with E-state index in [1.807, 2.05) is 20.8 Å². The van der Waals surface area contributed by atoms with Crippen LogP contribution < -0.4 is 5.32 Å². The second-order valence-electron chi connectivity index (χ2n) is 5.35. The van der Waals surface area contributed by atoms with Crippen molar-refractivity contribution in [1.29, 1.82) is 0 Å². The Kier molecular flexibility index (Phi) is 4.27. The minimum absolute atomic E-state index is 0.260. The van der Waals surface area contributed by atoms with Gasteiger partial charge in [-0.15, -0.1) is 0 Å². The van der Waals surface area contributed by atoms with Gasteiger partial charge in [-0.3, -0.25) is 14.8 Å². The van der Waals surface area contributed by atoms with E-state index in [1.165, 1.54) is 0 Å². The highest BCUT2D eigenvalue weighted by Crippen LogP contribution is 2.30. The summed E-state index contributed by atoms with van der Waals surface area (Å²) in [5, 5.41) is 7.42. The molecule has 1 aromatic rings. The lowest BCUT2D eigenvalue weighted by atomic mass is 9.97. The van der Waals surface area contributed by atoms with Crippen molar-refractivity contribution in [2.75, 3.05) is 0 Å². The summed E-state index contributed by atoms with van der Waals surface area (Å²) in [6, 6.07) is -0.373. The number of rotatable bonds is 5. The molecule has 1 fully saturated rings. The number of urea groups is 1. The molecule has 6 nitrogen and oxygen atoms in total. The van der Waals surface area contributed by atoms with Crippen molar-refractivity contribution in [3.05, 3.63) is 16.4 Å². The fraction of sp³-hybridized carbons (Fsp3) is 0.643. The Balaban J connectivity index is 2.39. The maximum atomic E-state index is 12.1. The summed E-state index contributed by atoms with van der Waals surface area (Å²) in [6.07, 6.45) is 1.28. The molecule has 0 bridgehead atoms. The van der Waals surface area contributed by atoms with E-state index in [0.29, 0.717) is 18.0 Å². The molecule has 1 unspecified atom stereocenters. The first kappa shape index (κ1) is 15.8. The van der Waals surface area contributed by atoms with Gasteiger partial charge in [-0.25, -0.2) is 4.79 Å². The van der Waals surface area contributed by atoms with Crippen LogP contribution in [0.1, 0.15) is 45.5 Å². The predicted octanol–water partition coefficient (Wildman–Crippen LogP) is 2.34. The zero-order valence-electron chi connectivity index (χ0n) is 12.9. The number of carbonyl (C=O) groups excluding carboxylic acids is 2. The molecule has 3 amide bonds. The molecule has 0 radical (unpaired) electrons. The summed E-state index contributed by atoms with van der Waals surface area (Å²) >= 11 is 6.38. The Morgan fingerprint density at radius 2 is 1.95 bits per heavy atom. The van der Waals surface area contributed by atoms with Crippen molar-refractivity contribution in [3.8, 4) is 0 Å². The zero-order chi connectivity index (χ0) is 15.8. The molecule has 1 aliphatic heterocycles. The average Bonchev–Trinajstić information content (AvgIpc) is 2.89. The number of amides is 3. The standard InChI is InChI=1S/C14H21ClN4O2/c1-5-9-11(15)10(19(7-3)17-9)8-18-13(21)16-12(20)14(18,4)6-2/h5-8H2,1-4H3,(H,16,20,21). The first-order chi connectivity index (χ1) is 9.88. The van der Waals surface area contributed by atoms with Crippen molar-refractivity contribution in [3.63, 3.8) is 0 Å². The van der Waals surface area contributed by atoms with E-state index < -0.39 is 5.54 Å². The van der Waals surface area contributed by atoms with Crippen LogP contribution in [0.4, 0.5) is 4.79 Å². The maximum absolute atomic E-state index is 12.1. The van der Waals surface area contributed by atoms with Crippen LogP contribution in [0.5, 0.6) is 0 Å². The number of aryl methyl sites for hydroxylation is 2. The second kappa shape index (κ2) is 5.67. The molecule has 0 spiro atoms. The Morgan fingerprint density at radius 3 is 2.48 bits per heavy atom. The van der Waals surface area contributed by atoms with Crippen LogP contribution in [0.3, 0.4) is 0 Å². The van der Waals surface area contributed by atoms with Gasteiger partial charge in [-0.05, 0) is 26.7 Å². The number of hydrogen-bond donors (Lipinski definition) is 1. The molecule has 0 aliphatic carbocycles. The van der Waals surface area contributed by atoms with Gasteiger partial charge in [-0.2, -0.15) is 5.10 Å². The largest absolute Gasteiger partial charge is 0.325 e. The molecular weight excluding hydrogens is 292 g/mol. The van der Waals surface area contributed by atoms with Crippen LogP contribution in [0.2, 0.25) is 5.02 Å². The number of carbonyl (C=O) groups is 2. The topological polar surface area (TPSA) is 67.2 Å². The number of nitrogens with zero attached hydrogens (tertiary/aromatic N) is 3. The molecule has 21 heavy (non-hydrogen) atoms. The summed E-state index contributed by atoms with van der Waals surface area (Å²) in [7, 11) is 0. The van der Waals surface area contributed by atoms with Crippen LogP contribution in [-0.4, -0.2) is 32.2 Å². The quantitative estimate of drug-likeness (QED) is 0.849. The van der Waals surface area contributed by atoms with Crippen molar-refractivity contribution in [1.82, 2.24) is 20.0 Å².